The normalized spacial score (nSPS) is 37.9. The Morgan fingerprint density at radius 2 is 1.71 bits per heavy atom. The quantitative estimate of drug-likeness (QED) is 0.731. The molecular weight excluding hydrogens is 174 g/mol. The standard InChI is InChI=1S/C12H25NO/c1-4-11(13)12(14)10-6-8(2)5-9(3)7-10/h8-12,14H,4-7,13H2,1-3H3/t8?,9?,10?,11-,12?/m1/s1. The predicted octanol–water partition coefficient (Wildman–Crippen LogP) is 2.16. The Bertz CT molecular complexity index is 162. The maximum atomic E-state index is 10.1. The third-order valence-corrected chi connectivity index (χ3v) is 3.61. The summed E-state index contributed by atoms with van der Waals surface area (Å²) in [5.74, 6) is 1.94. The number of aliphatic hydroxyl groups excluding tert-OH is 1. The molecular formula is C12H25NO. The molecule has 1 rings (SSSR count). The average Bonchev–Trinajstić information content (AvgIpc) is 2.14. The smallest absolute Gasteiger partial charge is 0.0719 e. The molecule has 0 spiro atoms. The van der Waals surface area contributed by atoms with Crippen LogP contribution in [0, 0.1) is 17.8 Å². The molecule has 1 fully saturated rings. The highest BCUT2D eigenvalue weighted by molar-refractivity contribution is 4.84. The van der Waals surface area contributed by atoms with Gasteiger partial charge in [-0.3, -0.25) is 0 Å². The van der Waals surface area contributed by atoms with Crippen molar-refractivity contribution in [1.82, 2.24) is 0 Å². The summed E-state index contributed by atoms with van der Waals surface area (Å²) >= 11 is 0. The summed E-state index contributed by atoms with van der Waals surface area (Å²) in [6.07, 6.45) is 4.20. The van der Waals surface area contributed by atoms with E-state index in [1.165, 1.54) is 6.42 Å². The van der Waals surface area contributed by atoms with Crippen molar-refractivity contribution < 1.29 is 5.11 Å². The first-order valence-electron chi connectivity index (χ1n) is 5.98. The maximum Gasteiger partial charge on any atom is 0.0719 e. The van der Waals surface area contributed by atoms with E-state index in [0.29, 0.717) is 5.92 Å². The van der Waals surface area contributed by atoms with E-state index < -0.39 is 0 Å². The Balaban J connectivity index is 2.50. The van der Waals surface area contributed by atoms with Gasteiger partial charge in [0.05, 0.1) is 6.10 Å². The fraction of sp³-hybridized carbons (Fsp3) is 1.00. The molecule has 0 amide bonds. The number of aliphatic hydroxyl groups is 1. The third kappa shape index (κ3) is 2.96. The monoisotopic (exact) mass is 199 g/mol. The van der Waals surface area contributed by atoms with Gasteiger partial charge in [0, 0.05) is 6.04 Å². The first-order chi connectivity index (χ1) is 6.54. The summed E-state index contributed by atoms with van der Waals surface area (Å²) in [7, 11) is 0. The topological polar surface area (TPSA) is 46.2 Å². The van der Waals surface area contributed by atoms with Gasteiger partial charge in [-0.15, -0.1) is 0 Å². The van der Waals surface area contributed by atoms with Crippen LogP contribution >= 0.6 is 0 Å². The molecule has 2 heteroatoms. The molecule has 3 unspecified atom stereocenters. The van der Waals surface area contributed by atoms with Crippen molar-refractivity contribution in [3.63, 3.8) is 0 Å². The summed E-state index contributed by atoms with van der Waals surface area (Å²) < 4.78 is 0. The molecule has 0 aliphatic heterocycles. The molecule has 14 heavy (non-hydrogen) atoms. The van der Waals surface area contributed by atoms with Gasteiger partial charge < -0.3 is 10.8 Å². The van der Waals surface area contributed by atoms with E-state index in [1.807, 2.05) is 6.92 Å². The van der Waals surface area contributed by atoms with Gasteiger partial charge in [0.1, 0.15) is 0 Å². The van der Waals surface area contributed by atoms with Crippen LogP contribution < -0.4 is 5.73 Å². The lowest BCUT2D eigenvalue weighted by Crippen LogP contribution is -2.42. The van der Waals surface area contributed by atoms with Crippen LogP contribution in [0.5, 0.6) is 0 Å². The zero-order valence-electron chi connectivity index (χ0n) is 9.74. The molecule has 0 aromatic carbocycles. The Morgan fingerprint density at radius 3 is 2.14 bits per heavy atom. The summed E-state index contributed by atoms with van der Waals surface area (Å²) in [5.41, 5.74) is 5.89. The van der Waals surface area contributed by atoms with Crippen molar-refractivity contribution in [1.29, 1.82) is 0 Å². The Kier molecular flexibility index (Phi) is 4.39. The number of rotatable bonds is 3. The lowest BCUT2D eigenvalue weighted by molar-refractivity contribution is 0.0365. The molecule has 0 aromatic heterocycles. The van der Waals surface area contributed by atoms with Crippen LogP contribution in [0.4, 0.5) is 0 Å². The molecule has 1 aliphatic rings. The second-order valence-corrected chi connectivity index (χ2v) is 5.24. The molecule has 0 aromatic rings. The van der Waals surface area contributed by atoms with Crippen LogP contribution in [0.25, 0.3) is 0 Å². The Hall–Kier alpha value is -0.0800. The second-order valence-electron chi connectivity index (χ2n) is 5.24. The summed E-state index contributed by atoms with van der Waals surface area (Å²) in [5, 5.41) is 10.1. The van der Waals surface area contributed by atoms with Gasteiger partial charge in [0.2, 0.25) is 0 Å². The van der Waals surface area contributed by atoms with Crippen molar-refractivity contribution in [2.75, 3.05) is 0 Å². The van der Waals surface area contributed by atoms with Crippen LogP contribution in [-0.4, -0.2) is 17.3 Å². The van der Waals surface area contributed by atoms with E-state index in [4.69, 9.17) is 5.73 Å². The predicted molar refractivity (Wildman–Crippen MR) is 59.9 cm³/mol. The highest BCUT2D eigenvalue weighted by Crippen LogP contribution is 2.35. The van der Waals surface area contributed by atoms with Crippen molar-refractivity contribution in [2.45, 2.75) is 58.6 Å². The van der Waals surface area contributed by atoms with E-state index in [0.717, 1.165) is 31.1 Å². The number of hydrogen-bond acceptors (Lipinski definition) is 2. The molecule has 0 radical (unpaired) electrons. The van der Waals surface area contributed by atoms with Gasteiger partial charge in [0.25, 0.3) is 0 Å². The van der Waals surface area contributed by atoms with Crippen LogP contribution in [0.15, 0.2) is 0 Å². The van der Waals surface area contributed by atoms with Gasteiger partial charge in [-0.05, 0) is 43.4 Å². The largest absolute Gasteiger partial charge is 0.391 e. The van der Waals surface area contributed by atoms with E-state index in [9.17, 15) is 5.11 Å². The molecule has 0 saturated heterocycles. The minimum absolute atomic E-state index is 0.0301. The van der Waals surface area contributed by atoms with Crippen molar-refractivity contribution in [3.05, 3.63) is 0 Å². The molecule has 3 N–H and O–H groups in total. The Morgan fingerprint density at radius 1 is 1.21 bits per heavy atom. The first-order valence-corrected chi connectivity index (χ1v) is 5.98. The molecule has 84 valence electrons. The van der Waals surface area contributed by atoms with E-state index in [1.54, 1.807) is 0 Å². The lowest BCUT2D eigenvalue weighted by atomic mass is 9.73. The van der Waals surface area contributed by atoms with Gasteiger partial charge in [0.15, 0.2) is 0 Å². The van der Waals surface area contributed by atoms with Gasteiger partial charge >= 0.3 is 0 Å². The fourth-order valence-corrected chi connectivity index (χ4v) is 2.88. The van der Waals surface area contributed by atoms with Crippen molar-refractivity contribution in [2.24, 2.45) is 23.5 Å². The summed E-state index contributed by atoms with van der Waals surface area (Å²) in [6, 6.07) is -0.0301. The highest BCUT2D eigenvalue weighted by Gasteiger charge is 2.31. The first kappa shape index (κ1) is 12.0. The van der Waals surface area contributed by atoms with Crippen LogP contribution in [0.3, 0.4) is 0 Å². The second kappa shape index (κ2) is 5.13. The fourth-order valence-electron chi connectivity index (χ4n) is 2.88. The number of hydrogen-bond donors (Lipinski definition) is 2. The Labute approximate surface area is 87.9 Å². The van der Waals surface area contributed by atoms with Gasteiger partial charge in [-0.2, -0.15) is 0 Å². The van der Waals surface area contributed by atoms with E-state index in [2.05, 4.69) is 13.8 Å². The molecule has 1 aliphatic carbocycles. The van der Waals surface area contributed by atoms with Gasteiger partial charge in [-0.25, -0.2) is 0 Å². The summed E-state index contributed by atoms with van der Waals surface area (Å²) in [6.45, 7) is 6.61. The van der Waals surface area contributed by atoms with Crippen molar-refractivity contribution >= 4 is 0 Å². The molecule has 2 nitrogen and oxygen atoms in total. The zero-order chi connectivity index (χ0) is 10.7. The molecule has 1 saturated carbocycles. The molecule has 0 heterocycles. The molecule has 0 bridgehead atoms. The minimum atomic E-state index is -0.287. The minimum Gasteiger partial charge on any atom is -0.391 e. The van der Waals surface area contributed by atoms with Crippen molar-refractivity contribution in [3.8, 4) is 0 Å². The zero-order valence-corrected chi connectivity index (χ0v) is 9.74. The van der Waals surface area contributed by atoms with E-state index >= 15 is 0 Å². The highest BCUT2D eigenvalue weighted by atomic mass is 16.3. The summed E-state index contributed by atoms with van der Waals surface area (Å²) in [4.78, 5) is 0. The average molecular weight is 199 g/mol. The SMILES string of the molecule is CC[C@@H](N)C(O)C1CC(C)CC(C)C1. The third-order valence-electron chi connectivity index (χ3n) is 3.61. The lowest BCUT2D eigenvalue weighted by Gasteiger charge is -2.36. The van der Waals surface area contributed by atoms with Crippen LogP contribution in [0.2, 0.25) is 0 Å². The van der Waals surface area contributed by atoms with E-state index in [-0.39, 0.29) is 12.1 Å². The number of nitrogens with two attached hydrogens (primary N) is 1. The van der Waals surface area contributed by atoms with Crippen LogP contribution in [0.1, 0.15) is 46.5 Å². The van der Waals surface area contributed by atoms with Crippen LogP contribution in [-0.2, 0) is 0 Å². The maximum absolute atomic E-state index is 10.1. The van der Waals surface area contributed by atoms with Gasteiger partial charge in [-0.1, -0.05) is 20.8 Å². The molecule has 4 atom stereocenters.